The van der Waals surface area contributed by atoms with Crippen LogP contribution in [-0.4, -0.2) is 75.0 Å². The first kappa shape index (κ1) is 13.8. The van der Waals surface area contributed by atoms with Crippen molar-refractivity contribution in [3.8, 4) is 0 Å². The SMILES string of the molecule is CC(O)CN(C)CCOCCN(C)C. The largest absolute Gasteiger partial charge is 0.392 e. The average molecular weight is 204 g/mol. The fourth-order valence-corrected chi connectivity index (χ4v) is 1.11. The van der Waals surface area contributed by atoms with E-state index in [9.17, 15) is 0 Å². The Hall–Kier alpha value is -0.160. The number of hydrogen-bond donors (Lipinski definition) is 1. The van der Waals surface area contributed by atoms with Crippen molar-refractivity contribution >= 4 is 0 Å². The maximum absolute atomic E-state index is 9.11. The fourth-order valence-electron chi connectivity index (χ4n) is 1.11. The van der Waals surface area contributed by atoms with Crippen molar-refractivity contribution in [2.45, 2.75) is 13.0 Å². The monoisotopic (exact) mass is 204 g/mol. The zero-order chi connectivity index (χ0) is 11.0. The van der Waals surface area contributed by atoms with Crippen molar-refractivity contribution in [1.29, 1.82) is 0 Å². The van der Waals surface area contributed by atoms with Gasteiger partial charge in [-0.2, -0.15) is 0 Å². The minimum absolute atomic E-state index is 0.262. The molecule has 0 amide bonds. The molecular weight excluding hydrogens is 180 g/mol. The van der Waals surface area contributed by atoms with E-state index in [-0.39, 0.29) is 6.10 Å². The van der Waals surface area contributed by atoms with Crippen LogP contribution in [0.25, 0.3) is 0 Å². The van der Waals surface area contributed by atoms with Crippen molar-refractivity contribution in [2.75, 3.05) is 54.0 Å². The van der Waals surface area contributed by atoms with Crippen LogP contribution in [0.15, 0.2) is 0 Å². The van der Waals surface area contributed by atoms with Gasteiger partial charge < -0.3 is 19.6 Å². The van der Waals surface area contributed by atoms with Gasteiger partial charge in [-0.1, -0.05) is 0 Å². The Bertz CT molecular complexity index is 129. The third kappa shape index (κ3) is 9.92. The summed E-state index contributed by atoms with van der Waals surface area (Å²) in [5.74, 6) is 0. The molecule has 0 aromatic rings. The summed E-state index contributed by atoms with van der Waals surface area (Å²) in [5.41, 5.74) is 0. The van der Waals surface area contributed by atoms with Gasteiger partial charge in [-0.15, -0.1) is 0 Å². The molecule has 14 heavy (non-hydrogen) atoms. The Labute approximate surface area is 87.5 Å². The Balaban J connectivity index is 3.19. The molecule has 4 heteroatoms. The summed E-state index contributed by atoms with van der Waals surface area (Å²) in [7, 11) is 6.05. The molecule has 86 valence electrons. The van der Waals surface area contributed by atoms with Crippen LogP contribution in [0, 0.1) is 0 Å². The minimum atomic E-state index is -0.262. The van der Waals surface area contributed by atoms with Crippen molar-refractivity contribution in [1.82, 2.24) is 9.80 Å². The Kier molecular flexibility index (Phi) is 8.08. The highest BCUT2D eigenvalue weighted by Crippen LogP contribution is 1.88. The highest BCUT2D eigenvalue weighted by Gasteiger charge is 2.01. The first-order chi connectivity index (χ1) is 6.52. The molecular formula is C10H24N2O2. The van der Waals surface area contributed by atoms with E-state index in [1.54, 1.807) is 6.92 Å². The molecule has 0 heterocycles. The lowest BCUT2D eigenvalue weighted by Crippen LogP contribution is -2.30. The zero-order valence-corrected chi connectivity index (χ0v) is 9.86. The van der Waals surface area contributed by atoms with Gasteiger partial charge >= 0.3 is 0 Å². The third-order valence-electron chi connectivity index (χ3n) is 1.88. The first-order valence-electron chi connectivity index (χ1n) is 5.11. The topological polar surface area (TPSA) is 35.9 Å². The van der Waals surface area contributed by atoms with Crippen LogP contribution in [0.3, 0.4) is 0 Å². The number of rotatable bonds is 8. The van der Waals surface area contributed by atoms with Gasteiger partial charge in [0.15, 0.2) is 0 Å². The number of nitrogens with zero attached hydrogens (tertiary/aromatic N) is 2. The second kappa shape index (κ2) is 8.17. The van der Waals surface area contributed by atoms with Gasteiger partial charge in [0.05, 0.1) is 19.3 Å². The lowest BCUT2D eigenvalue weighted by atomic mass is 10.4. The predicted molar refractivity (Wildman–Crippen MR) is 58.6 cm³/mol. The van der Waals surface area contributed by atoms with E-state index in [0.29, 0.717) is 6.54 Å². The molecule has 0 aromatic carbocycles. The molecule has 1 unspecified atom stereocenters. The van der Waals surface area contributed by atoms with Crippen LogP contribution in [0.5, 0.6) is 0 Å². The van der Waals surface area contributed by atoms with Crippen molar-refractivity contribution in [3.63, 3.8) is 0 Å². The Morgan fingerprint density at radius 2 is 1.71 bits per heavy atom. The van der Waals surface area contributed by atoms with Crippen LogP contribution in [0.2, 0.25) is 0 Å². The van der Waals surface area contributed by atoms with E-state index in [2.05, 4.69) is 9.80 Å². The maximum atomic E-state index is 9.11. The van der Waals surface area contributed by atoms with E-state index in [1.165, 1.54) is 0 Å². The van der Waals surface area contributed by atoms with Crippen LogP contribution in [0.4, 0.5) is 0 Å². The van der Waals surface area contributed by atoms with E-state index < -0.39 is 0 Å². The van der Waals surface area contributed by atoms with Gasteiger partial charge in [-0.05, 0) is 28.1 Å². The molecule has 4 nitrogen and oxygen atoms in total. The lowest BCUT2D eigenvalue weighted by Gasteiger charge is -2.18. The summed E-state index contributed by atoms with van der Waals surface area (Å²) in [5, 5.41) is 9.11. The van der Waals surface area contributed by atoms with Gasteiger partial charge in [0, 0.05) is 19.6 Å². The van der Waals surface area contributed by atoms with E-state index >= 15 is 0 Å². The molecule has 0 saturated heterocycles. The Morgan fingerprint density at radius 3 is 2.21 bits per heavy atom. The first-order valence-corrected chi connectivity index (χ1v) is 5.11. The van der Waals surface area contributed by atoms with Crippen LogP contribution < -0.4 is 0 Å². The normalized spacial score (nSPS) is 13.9. The zero-order valence-electron chi connectivity index (χ0n) is 9.86. The number of aliphatic hydroxyl groups is 1. The van der Waals surface area contributed by atoms with Gasteiger partial charge in [0.25, 0.3) is 0 Å². The van der Waals surface area contributed by atoms with Crippen LogP contribution in [-0.2, 0) is 4.74 Å². The molecule has 0 spiro atoms. The quantitative estimate of drug-likeness (QED) is 0.559. The van der Waals surface area contributed by atoms with Crippen molar-refractivity contribution < 1.29 is 9.84 Å². The number of likely N-dealkylation sites (N-methyl/N-ethyl adjacent to an activating group) is 2. The van der Waals surface area contributed by atoms with Gasteiger partial charge in [-0.3, -0.25) is 0 Å². The summed E-state index contributed by atoms with van der Waals surface area (Å²) < 4.78 is 5.43. The molecule has 1 atom stereocenters. The summed E-state index contributed by atoms with van der Waals surface area (Å²) >= 11 is 0. The standard InChI is InChI=1S/C10H24N2O2/c1-10(13)9-12(4)6-8-14-7-5-11(2)3/h10,13H,5-9H2,1-4H3. The molecule has 0 aliphatic heterocycles. The summed E-state index contributed by atoms with van der Waals surface area (Å²) in [4.78, 5) is 4.17. The Morgan fingerprint density at radius 1 is 1.14 bits per heavy atom. The lowest BCUT2D eigenvalue weighted by molar-refractivity contribution is 0.0820. The second-order valence-electron chi connectivity index (χ2n) is 4.03. The fraction of sp³-hybridized carbons (Fsp3) is 1.00. The number of aliphatic hydroxyl groups excluding tert-OH is 1. The summed E-state index contributed by atoms with van der Waals surface area (Å²) in [6.07, 6.45) is -0.262. The predicted octanol–water partition coefficient (Wildman–Crippen LogP) is -0.123. The average Bonchev–Trinajstić information content (AvgIpc) is 2.01. The summed E-state index contributed by atoms with van der Waals surface area (Å²) in [6.45, 7) is 5.84. The molecule has 0 radical (unpaired) electrons. The number of ether oxygens (including phenoxy) is 1. The number of hydrogen-bond acceptors (Lipinski definition) is 4. The highest BCUT2D eigenvalue weighted by atomic mass is 16.5. The van der Waals surface area contributed by atoms with E-state index in [4.69, 9.17) is 9.84 Å². The summed E-state index contributed by atoms with van der Waals surface area (Å²) in [6, 6.07) is 0. The van der Waals surface area contributed by atoms with Gasteiger partial charge in [0.1, 0.15) is 0 Å². The molecule has 0 aliphatic carbocycles. The van der Waals surface area contributed by atoms with Crippen molar-refractivity contribution in [2.24, 2.45) is 0 Å². The second-order valence-corrected chi connectivity index (χ2v) is 4.03. The molecule has 0 aromatic heterocycles. The van der Waals surface area contributed by atoms with Crippen LogP contribution in [0.1, 0.15) is 6.92 Å². The molecule has 0 aliphatic rings. The van der Waals surface area contributed by atoms with Crippen molar-refractivity contribution in [3.05, 3.63) is 0 Å². The smallest absolute Gasteiger partial charge is 0.0638 e. The highest BCUT2D eigenvalue weighted by molar-refractivity contribution is 4.55. The third-order valence-corrected chi connectivity index (χ3v) is 1.88. The molecule has 0 saturated carbocycles. The minimum Gasteiger partial charge on any atom is -0.392 e. The van der Waals surface area contributed by atoms with E-state index in [0.717, 1.165) is 26.3 Å². The van der Waals surface area contributed by atoms with Gasteiger partial charge in [0.2, 0.25) is 0 Å². The molecule has 0 fully saturated rings. The maximum Gasteiger partial charge on any atom is 0.0638 e. The van der Waals surface area contributed by atoms with Gasteiger partial charge in [-0.25, -0.2) is 0 Å². The molecule has 0 bridgehead atoms. The van der Waals surface area contributed by atoms with E-state index in [1.807, 2.05) is 21.1 Å². The van der Waals surface area contributed by atoms with Crippen LogP contribution >= 0.6 is 0 Å². The molecule has 0 rings (SSSR count). The molecule has 1 N–H and O–H groups in total.